The van der Waals surface area contributed by atoms with Gasteiger partial charge in [0.1, 0.15) is 0 Å². The normalized spacial score (nSPS) is 19.4. The molecule has 1 unspecified atom stereocenters. The topological polar surface area (TPSA) is 55.3 Å². The van der Waals surface area contributed by atoms with Gasteiger partial charge in [-0.2, -0.15) is 0 Å². The first-order valence-electron chi connectivity index (χ1n) is 7.27. The molecule has 116 valence electrons. The van der Waals surface area contributed by atoms with Gasteiger partial charge in [0.25, 0.3) is 0 Å². The third kappa shape index (κ3) is 4.30. The van der Waals surface area contributed by atoms with Gasteiger partial charge in [-0.15, -0.1) is 23.7 Å². The Morgan fingerprint density at radius 3 is 3.14 bits per heavy atom. The van der Waals surface area contributed by atoms with E-state index in [2.05, 4.69) is 27.6 Å². The molecule has 6 heteroatoms. The zero-order chi connectivity index (χ0) is 13.8. The molecule has 0 aliphatic carbocycles. The van der Waals surface area contributed by atoms with Crippen LogP contribution in [-0.4, -0.2) is 29.7 Å². The summed E-state index contributed by atoms with van der Waals surface area (Å²) in [6, 6.07) is 6.16. The molecule has 21 heavy (non-hydrogen) atoms. The SMILES string of the molecule is Cl.NCCC1CCCN(Cc2cc(-c3cccs3)on2)C1. The zero-order valence-corrected chi connectivity index (χ0v) is 13.7. The first-order valence-corrected chi connectivity index (χ1v) is 8.15. The molecular weight excluding hydrogens is 306 g/mol. The summed E-state index contributed by atoms with van der Waals surface area (Å²) in [6.07, 6.45) is 3.71. The molecule has 2 aromatic rings. The lowest BCUT2D eigenvalue weighted by Gasteiger charge is -2.31. The van der Waals surface area contributed by atoms with Crippen LogP contribution in [0.4, 0.5) is 0 Å². The fraction of sp³-hybridized carbons (Fsp3) is 0.533. The smallest absolute Gasteiger partial charge is 0.177 e. The second kappa shape index (κ2) is 7.94. The van der Waals surface area contributed by atoms with Crippen LogP contribution < -0.4 is 5.73 Å². The van der Waals surface area contributed by atoms with Crippen molar-refractivity contribution in [1.29, 1.82) is 0 Å². The summed E-state index contributed by atoms with van der Waals surface area (Å²) in [4.78, 5) is 3.61. The fourth-order valence-corrected chi connectivity index (χ4v) is 3.59. The molecule has 0 spiro atoms. The van der Waals surface area contributed by atoms with Crippen LogP contribution in [0.25, 0.3) is 10.6 Å². The highest BCUT2D eigenvalue weighted by molar-refractivity contribution is 7.13. The molecule has 1 saturated heterocycles. The average Bonchev–Trinajstić information content (AvgIpc) is 3.10. The van der Waals surface area contributed by atoms with Gasteiger partial charge >= 0.3 is 0 Å². The maximum atomic E-state index is 5.67. The standard InChI is InChI=1S/C15H21N3OS.ClH/c16-6-5-12-3-1-7-18(10-12)11-13-9-14(19-17-13)15-4-2-8-20-15;/h2,4,8-9,12H,1,3,5-7,10-11,16H2;1H. The summed E-state index contributed by atoms with van der Waals surface area (Å²) in [5.41, 5.74) is 6.70. The molecule has 0 bridgehead atoms. The van der Waals surface area contributed by atoms with E-state index in [1.54, 1.807) is 11.3 Å². The highest BCUT2D eigenvalue weighted by Gasteiger charge is 2.20. The molecule has 1 fully saturated rings. The monoisotopic (exact) mass is 327 g/mol. The Morgan fingerprint density at radius 1 is 1.48 bits per heavy atom. The van der Waals surface area contributed by atoms with E-state index in [9.17, 15) is 0 Å². The van der Waals surface area contributed by atoms with Crippen LogP contribution in [0.15, 0.2) is 28.1 Å². The summed E-state index contributed by atoms with van der Waals surface area (Å²) >= 11 is 1.68. The highest BCUT2D eigenvalue weighted by Crippen LogP contribution is 2.26. The number of rotatable bonds is 5. The van der Waals surface area contributed by atoms with Crippen molar-refractivity contribution in [3.63, 3.8) is 0 Å². The third-order valence-electron chi connectivity index (χ3n) is 3.89. The Hall–Kier alpha value is -0.880. The number of piperidine rings is 1. The molecule has 0 saturated carbocycles. The third-order valence-corrected chi connectivity index (χ3v) is 4.77. The Morgan fingerprint density at radius 2 is 2.38 bits per heavy atom. The van der Waals surface area contributed by atoms with Crippen LogP contribution in [0, 0.1) is 5.92 Å². The van der Waals surface area contributed by atoms with Gasteiger partial charge in [0.05, 0.1) is 10.6 Å². The van der Waals surface area contributed by atoms with Crippen LogP contribution in [0.1, 0.15) is 25.0 Å². The quantitative estimate of drug-likeness (QED) is 0.914. The predicted molar refractivity (Wildman–Crippen MR) is 88.7 cm³/mol. The van der Waals surface area contributed by atoms with Crippen molar-refractivity contribution in [3.8, 4) is 10.6 Å². The van der Waals surface area contributed by atoms with E-state index < -0.39 is 0 Å². The molecule has 0 radical (unpaired) electrons. The molecule has 1 atom stereocenters. The minimum Gasteiger partial charge on any atom is -0.355 e. The van der Waals surface area contributed by atoms with E-state index in [-0.39, 0.29) is 12.4 Å². The number of hydrogen-bond acceptors (Lipinski definition) is 5. The van der Waals surface area contributed by atoms with Gasteiger partial charge in [0.2, 0.25) is 0 Å². The minimum atomic E-state index is 0. The summed E-state index contributed by atoms with van der Waals surface area (Å²) < 4.78 is 5.44. The van der Waals surface area contributed by atoms with Crippen molar-refractivity contribution in [2.24, 2.45) is 11.7 Å². The van der Waals surface area contributed by atoms with Crippen molar-refractivity contribution < 1.29 is 4.52 Å². The molecule has 0 aromatic carbocycles. The van der Waals surface area contributed by atoms with Crippen molar-refractivity contribution in [3.05, 3.63) is 29.3 Å². The number of likely N-dealkylation sites (tertiary alicyclic amines) is 1. The molecule has 1 aliphatic rings. The number of halogens is 1. The molecule has 2 N–H and O–H groups in total. The highest BCUT2D eigenvalue weighted by atomic mass is 35.5. The van der Waals surface area contributed by atoms with Crippen LogP contribution in [0.3, 0.4) is 0 Å². The zero-order valence-electron chi connectivity index (χ0n) is 12.0. The molecule has 0 amide bonds. The largest absolute Gasteiger partial charge is 0.355 e. The minimum absolute atomic E-state index is 0. The van der Waals surface area contributed by atoms with Crippen molar-refractivity contribution >= 4 is 23.7 Å². The van der Waals surface area contributed by atoms with E-state index >= 15 is 0 Å². The van der Waals surface area contributed by atoms with Gasteiger partial charge in [-0.05, 0) is 49.7 Å². The van der Waals surface area contributed by atoms with Gasteiger partial charge in [0, 0.05) is 19.2 Å². The lowest BCUT2D eigenvalue weighted by atomic mass is 9.95. The van der Waals surface area contributed by atoms with Gasteiger partial charge in [0.15, 0.2) is 5.76 Å². The summed E-state index contributed by atoms with van der Waals surface area (Å²) in [7, 11) is 0. The van der Waals surface area contributed by atoms with Gasteiger partial charge in [-0.25, -0.2) is 0 Å². The number of aromatic nitrogens is 1. The number of hydrogen-bond donors (Lipinski definition) is 1. The maximum Gasteiger partial charge on any atom is 0.177 e. The second-order valence-corrected chi connectivity index (χ2v) is 6.43. The van der Waals surface area contributed by atoms with E-state index in [0.717, 1.165) is 54.8 Å². The van der Waals surface area contributed by atoms with Crippen LogP contribution >= 0.6 is 23.7 Å². The second-order valence-electron chi connectivity index (χ2n) is 5.48. The Bertz CT molecular complexity index is 527. The summed E-state index contributed by atoms with van der Waals surface area (Å²) in [5.74, 6) is 1.63. The van der Waals surface area contributed by atoms with Crippen LogP contribution in [0.2, 0.25) is 0 Å². The van der Waals surface area contributed by atoms with E-state index in [1.807, 2.05) is 6.07 Å². The van der Waals surface area contributed by atoms with Gasteiger partial charge in [-0.3, -0.25) is 4.90 Å². The lowest BCUT2D eigenvalue weighted by Crippen LogP contribution is -2.35. The molecule has 3 rings (SSSR count). The predicted octanol–water partition coefficient (Wildman–Crippen LogP) is 3.39. The first-order chi connectivity index (χ1) is 9.85. The number of nitrogens with two attached hydrogens (primary N) is 1. The molecule has 4 nitrogen and oxygen atoms in total. The summed E-state index contributed by atoms with van der Waals surface area (Å²) in [5, 5.41) is 6.26. The van der Waals surface area contributed by atoms with Gasteiger partial charge < -0.3 is 10.3 Å². The van der Waals surface area contributed by atoms with Crippen molar-refractivity contribution in [1.82, 2.24) is 10.1 Å². The van der Waals surface area contributed by atoms with Crippen LogP contribution in [0.5, 0.6) is 0 Å². The lowest BCUT2D eigenvalue weighted by molar-refractivity contribution is 0.159. The molecule has 2 aromatic heterocycles. The first kappa shape index (κ1) is 16.5. The van der Waals surface area contributed by atoms with Gasteiger partial charge in [-0.1, -0.05) is 11.2 Å². The molecule has 1 aliphatic heterocycles. The Kier molecular flexibility index (Phi) is 6.23. The Balaban J connectivity index is 0.00000161. The number of nitrogens with zero attached hydrogens (tertiary/aromatic N) is 2. The Labute approximate surface area is 135 Å². The maximum absolute atomic E-state index is 5.67. The number of thiophene rings is 1. The molecule has 3 heterocycles. The van der Waals surface area contributed by atoms with Crippen LogP contribution in [-0.2, 0) is 6.54 Å². The van der Waals surface area contributed by atoms with Crippen molar-refractivity contribution in [2.45, 2.75) is 25.8 Å². The molecular formula is C15H22ClN3OS. The average molecular weight is 328 g/mol. The fourth-order valence-electron chi connectivity index (χ4n) is 2.92. The summed E-state index contributed by atoms with van der Waals surface area (Å²) in [6.45, 7) is 3.97. The van der Waals surface area contributed by atoms with Crippen molar-refractivity contribution in [2.75, 3.05) is 19.6 Å². The van der Waals surface area contributed by atoms with E-state index in [1.165, 1.54) is 12.8 Å². The van der Waals surface area contributed by atoms with E-state index in [4.69, 9.17) is 10.3 Å². The van der Waals surface area contributed by atoms with E-state index in [0.29, 0.717) is 0 Å².